The third kappa shape index (κ3) is 7.67. The molecule has 0 aromatic carbocycles. The molecule has 0 aliphatic carbocycles. The molecule has 0 saturated heterocycles. The van der Waals surface area contributed by atoms with E-state index in [1.165, 1.54) is 0 Å². The minimum atomic E-state index is -1.03. The van der Waals surface area contributed by atoms with Crippen molar-refractivity contribution in [2.75, 3.05) is 13.2 Å². The maximum atomic E-state index is 10.7. The Morgan fingerprint density at radius 2 is 1.76 bits per heavy atom. The van der Waals surface area contributed by atoms with Crippen molar-refractivity contribution >= 4 is 11.9 Å². The van der Waals surface area contributed by atoms with E-state index in [0.29, 0.717) is 25.8 Å². The zero-order valence-electron chi connectivity index (χ0n) is 9.63. The quantitative estimate of drug-likeness (QED) is 0.313. The van der Waals surface area contributed by atoms with Crippen molar-refractivity contribution in [3.63, 3.8) is 0 Å². The number of nitrogens with two attached hydrogens (primary N) is 1. The first-order valence-electron chi connectivity index (χ1n) is 5.54. The average Bonchev–Trinajstić information content (AvgIpc) is 2.26. The summed E-state index contributed by atoms with van der Waals surface area (Å²) in [4.78, 5) is 21.1. The third-order valence-corrected chi connectivity index (χ3v) is 2.37. The summed E-state index contributed by atoms with van der Waals surface area (Å²) in [6.45, 7) is 0.275. The molecule has 2 atom stereocenters. The van der Waals surface area contributed by atoms with Crippen molar-refractivity contribution in [1.82, 2.24) is 5.32 Å². The van der Waals surface area contributed by atoms with Crippen LogP contribution in [0.2, 0.25) is 0 Å². The van der Waals surface area contributed by atoms with Gasteiger partial charge in [-0.15, -0.1) is 0 Å². The Balaban J connectivity index is 3.61. The van der Waals surface area contributed by atoms with Crippen LogP contribution in [0, 0.1) is 0 Å². The molecule has 7 nitrogen and oxygen atoms in total. The van der Waals surface area contributed by atoms with Crippen LogP contribution >= 0.6 is 0 Å². The number of aliphatic hydroxyl groups is 1. The Morgan fingerprint density at radius 1 is 1.12 bits per heavy atom. The van der Waals surface area contributed by atoms with E-state index in [9.17, 15) is 9.59 Å². The van der Waals surface area contributed by atoms with E-state index >= 15 is 0 Å². The lowest BCUT2D eigenvalue weighted by Crippen LogP contribution is -2.38. The van der Waals surface area contributed by atoms with Crippen molar-refractivity contribution in [3.8, 4) is 0 Å². The number of rotatable bonds is 10. The SMILES string of the molecule is N[C@@H](CCCCNC(CCO)C(=O)O)C(=O)O. The zero-order valence-corrected chi connectivity index (χ0v) is 9.63. The normalized spacial score (nSPS) is 14.2. The minimum absolute atomic E-state index is 0.157. The smallest absolute Gasteiger partial charge is 0.320 e. The van der Waals surface area contributed by atoms with Crippen molar-refractivity contribution in [1.29, 1.82) is 0 Å². The van der Waals surface area contributed by atoms with Gasteiger partial charge in [-0.25, -0.2) is 0 Å². The molecule has 100 valence electrons. The summed E-state index contributed by atoms with van der Waals surface area (Å²) in [5, 5.41) is 28.7. The second-order valence-electron chi connectivity index (χ2n) is 3.80. The number of hydrogen-bond donors (Lipinski definition) is 5. The monoisotopic (exact) mass is 248 g/mol. The number of aliphatic hydroxyl groups excluding tert-OH is 1. The molecule has 1 unspecified atom stereocenters. The van der Waals surface area contributed by atoms with Crippen LogP contribution in [-0.2, 0) is 9.59 Å². The van der Waals surface area contributed by atoms with Gasteiger partial charge in [-0.1, -0.05) is 6.42 Å². The third-order valence-electron chi connectivity index (χ3n) is 2.37. The predicted octanol–water partition coefficient (Wildman–Crippen LogP) is -1.01. The molecule has 0 heterocycles. The van der Waals surface area contributed by atoms with E-state index in [-0.39, 0.29) is 13.0 Å². The van der Waals surface area contributed by atoms with Gasteiger partial charge in [0.15, 0.2) is 0 Å². The van der Waals surface area contributed by atoms with Crippen molar-refractivity contribution in [3.05, 3.63) is 0 Å². The molecular formula is C10H20N2O5. The maximum absolute atomic E-state index is 10.7. The zero-order chi connectivity index (χ0) is 13.3. The standard InChI is InChI=1S/C10H20N2O5/c11-7(9(14)15)3-1-2-5-12-8(4-6-13)10(16)17/h7-8,12-13H,1-6,11H2,(H,14,15)(H,16,17)/t7-,8?/m0/s1. The first-order valence-corrected chi connectivity index (χ1v) is 5.54. The van der Waals surface area contributed by atoms with Gasteiger partial charge in [-0.3, -0.25) is 9.59 Å². The summed E-state index contributed by atoms with van der Waals surface area (Å²) in [5.74, 6) is -2.03. The van der Waals surface area contributed by atoms with E-state index in [1.807, 2.05) is 0 Å². The average molecular weight is 248 g/mol. The Labute approximate surface area is 99.6 Å². The van der Waals surface area contributed by atoms with Crippen LogP contribution in [0.25, 0.3) is 0 Å². The number of carboxylic acids is 2. The van der Waals surface area contributed by atoms with E-state index in [0.717, 1.165) is 0 Å². The van der Waals surface area contributed by atoms with Crippen LogP contribution in [-0.4, -0.2) is 52.5 Å². The number of unbranched alkanes of at least 4 members (excludes halogenated alkanes) is 1. The largest absolute Gasteiger partial charge is 0.480 e. The second kappa shape index (κ2) is 8.91. The number of aliphatic carboxylic acids is 2. The van der Waals surface area contributed by atoms with E-state index in [4.69, 9.17) is 21.1 Å². The first-order chi connectivity index (χ1) is 7.99. The van der Waals surface area contributed by atoms with Crippen LogP contribution in [0.3, 0.4) is 0 Å². The summed E-state index contributed by atoms with van der Waals surface area (Å²) >= 11 is 0. The second-order valence-corrected chi connectivity index (χ2v) is 3.80. The first kappa shape index (κ1) is 15.8. The highest BCUT2D eigenvalue weighted by atomic mass is 16.4. The molecule has 0 aromatic heterocycles. The fourth-order valence-corrected chi connectivity index (χ4v) is 1.33. The van der Waals surface area contributed by atoms with Crippen LogP contribution < -0.4 is 11.1 Å². The summed E-state index contributed by atoms with van der Waals surface area (Å²) in [6, 6.07) is -1.61. The van der Waals surface area contributed by atoms with Crippen LogP contribution in [0.4, 0.5) is 0 Å². The van der Waals surface area contributed by atoms with E-state index < -0.39 is 24.0 Å². The highest BCUT2D eigenvalue weighted by Crippen LogP contribution is 1.99. The Hall–Kier alpha value is -1.18. The Kier molecular flexibility index (Phi) is 8.29. The molecule has 0 fully saturated rings. The highest BCUT2D eigenvalue weighted by Gasteiger charge is 2.15. The molecule has 7 heteroatoms. The van der Waals surface area contributed by atoms with Crippen molar-refractivity contribution < 1.29 is 24.9 Å². The molecule has 0 bridgehead atoms. The summed E-state index contributed by atoms with van der Waals surface area (Å²) in [5.41, 5.74) is 5.31. The predicted molar refractivity (Wildman–Crippen MR) is 60.6 cm³/mol. The molecule has 0 radical (unpaired) electrons. The number of carboxylic acid groups (broad SMARTS) is 2. The van der Waals surface area contributed by atoms with Gasteiger partial charge in [0.2, 0.25) is 0 Å². The molecular weight excluding hydrogens is 228 g/mol. The summed E-state index contributed by atoms with van der Waals surface area (Å²) < 4.78 is 0. The van der Waals surface area contributed by atoms with Gasteiger partial charge >= 0.3 is 11.9 Å². The number of nitrogens with one attached hydrogen (secondary N) is 1. The molecule has 0 aliphatic rings. The lowest BCUT2D eigenvalue weighted by molar-refractivity contribution is -0.140. The van der Waals surface area contributed by atoms with Crippen molar-refractivity contribution in [2.45, 2.75) is 37.8 Å². The fraction of sp³-hybridized carbons (Fsp3) is 0.800. The van der Waals surface area contributed by atoms with Gasteiger partial charge in [0.05, 0.1) is 0 Å². The molecule has 17 heavy (non-hydrogen) atoms. The number of carbonyl (C=O) groups is 2. The van der Waals surface area contributed by atoms with E-state index in [1.54, 1.807) is 0 Å². The van der Waals surface area contributed by atoms with Crippen LogP contribution in [0.1, 0.15) is 25.7 Å². The summed E-state index contributed by atoms with van der Waals surface area (Å²) in [6.07, 6.45) is 1.79. The van der Waals surface area contributed by atoms with Gasteiger partial charge in [-0.2, -0.15) is 0 Å². The highest BCUT2D eigenvalue weighted by molar-refractivity contribution is 5.73. The fourth-order valence-electron chi connectivity index (χ4n) is 1.33. The van der Waals surface area contributed by atoms with Gasteiger partial charge in [-0.05, 0) is 25.8 Å². The van der Waals surface area contributed by atoms with Gasteiger partial charge in [0.1, 0.15) is 12.1 Å². The molecule has 0 spiro atoms. The minimum Gasteiger partial charge on any atom is -0.480 e. The molecule has 0 rings (SSSR count). The Morgan fingerprint density at radius 3 is 2.24 bits per heavy atom. The van der Waals surface area contributed by atoms with Gasteiger partial charge in [0.25, 0.3) is 0 Å². The van der Waals surface area contributed by atoms with Crippen LogP contribution in [0.5, 0.6) is 0 Å². The van der Waals surface area contributed by atoms with Crippen LogP contribution in [0.15, 0.2) is 0 Å². The Bertz CT molecular complexity index is 247. The van der Waals surface area contributed by atoms with Crippen molar-refractivity contribution in [2.24, 2.45) is 5.73 Å². The molecule has 0 aliphatic heterocycles. The molecule has 0 amide bonds. The topological polar surface area (TPSA) is 133 Å². The van der Waals surface area contributed by atoms with E-state index in [2.05, 4.69) is 5.32 Å². The molecule has 6 N–H and O–H groups in total. The summed E-state index contributed by atoms with van der Waals surface area (Å²) in [7, 11) is 0. The molecule has 0 saturated carbocycles. The van der Waals surface area contributed by atoms with Gasteiger partial charge < -0.3 is 26.4 Å². The molecule has 0 aromatic rings. The maximum Gasteiger partial charge on any atom is 0.320 e. The lowest BCUT2D eigenvalue weighted by Gasteiger charge is -2.13. The lowest BCUT2D eigenvalue weighted by atomic mass is 10.1. The number of hydrogen-bond acceptors (Lipinski definition) is 5. The van der Waals surface area contributed by atoms with Gasteiger partial charge in [0, 0.05) is 6.61 Å².